The number of hydrogen-bond acceptors (Lipinski definition) is 4. The molecule has 3 nitrogen and oxygen atoms in total. The van der Waals surface area contributed by atoms with Crippen molar-refractivity contribution in [2.45, 2.75) is 11.3 Å². The van der Waals surface area contributed by atoms with Gasteiger partial charge in [0, 0.05) is 5.69 Å². The number of sulfone groups is 1. The summed E-state index contributed by atoms with van der Waals surface area (Å²) in [6, 6.07) is 8.27. The largest absolute Gasteiger partial charge is 0.399 e. The monoisotopic (exact) mass is 267 g/mol. The van der Waals surface area contributed by atoms with Crippen LogP contribution in [0, 0.1) is 0 Å². The fourth-order valence-corrected chi connectivity index (χ4v) is 3.47. The number of hydrogen-bond donors (Lipinski definition) is 1. The molecule has 0 aliphatic carbocycles. The van der Waals surface area contributed by atoms with Gasteiger partial charge in [0.05, 0.1) is 10.6 Å². The summed E-state index contributed by atoms with van der Waals surface area (Å²) in [5.41, 5.74) is 7.16. The average molecular weight is 267 g/mol. The van der Waals surface area contributed by atoms with Crippen molar-refractivity contribution >= 4 is 26.9 Å². The molecule has 2 N–H and O–H groups in total. The number of thiophene rings is 1. The normalized spacial score (nSPS) is 11.5. The number of nitrogen functional groups attached to an aromatic ring is 1. The van der Waals surface area contributed by atoms with Crippen LogP contribution in [0.5, 0.6) is 0 Å². The maximum atomic E-state index is 12.0. The molecule has 0 saturated carbocycles. The van der Waals surface area contributed by atoms with E-state index in [1.165, 1.54) is 0 Å². The molecule has 1 aromatic heterocycles. The number of nitrogens with two attached hydrogens (primary N) is 1. The van der Waals surface area contributed by atoms with E-state index in [0.717, 1.165) is 5.56 Å². The van der Waals surface area contributed by atoms with Crippen molar-refractivity contribution in [3.8, 4) is 0 Å². The third-order valence-corrected chi connectivity index (χ3v) is 4.94. The van der Waals surface area contributed by atoms with Gasteiger partial charge in [0.15, 0.2) is 9.84 Å². The molecule has 0 aliphatic rings. The van der Waals surface area contributed by atoms with Crippen LogP contribution in [-0.2, 0) is 16.3 Å². The smallest absolute Gasteiger partial charge is 0.178 e. The van der Waals surface area contributed by atoms with Crippen molar-refractivity contribution < 1.29 is 8.42 Å². The van der Waals surface area contributed by atoms with E-state index in [2.05, 4.69) is 0 Å². The second kappa shape index (κ2) is 4.89. The van der Waals surface area contributed by atoms with Gasteiger partial charge in [0.25, 0.3) is 0 Å². The van der Waals surface area contributed by atoms with Crippen LogP contribution in [0.15, 0.2) is 46.0 Å². The number of rotatable bonds is 4. The van der Waals surface area contributed by atoms with Crippen molar-refractivity contribution in [1.82, 2.24) is 0 Å². The molecule has 2 aromatic rings. The summed E-state index contributed by atoms with van der Waals surface area (Å²) in [5.74, 6) is 0.133. The van der Waals surface area contributed by atoms with Crippen LogP contribution in [0.4, 0.5) is 5.69 Å². The highest BCUT2D eigenvalue weighted by Crippen LogP contribution is 2.15. The predicted molar refractivity (Wildman–Crippen MR) is 70.9 cm³/mol. The molecule has 17 heavy (non-hydrogen) atoms. The quantitative estimate of drug-likeness (QED) is 0.865. The van der Waals surface area contributed by atoms with Gasteiger partial charge in [-0.1, -0.05) is 0 Å². The molecule has 0 atom stereocenters. The summed E-state index contributed by atoms with van der Waals surface area (Å²) in [6.45, 7) is 0. The zero-order chi connectivity index (χ0) is 12.3. The first-order valence-electron chi connectivity index (χ1n) is 5.17. The highest BCUT2D eigenvalue weighted by atomic mass is 32.2. The first-order chi connectivity index (χ1) is 8.08. The molecule has 0 saturated heterocycles. The molecule has 1 heterocycles. The predicted octanol–water partition coefficient (Wildman–Crippen LogP) is 2.35. The fraction of sp³-hybridized carbons (Fsp3) is 0.167. The maximum Gasteiger partial charge on any atom is 0.178 e. The molecule has 0 amide bonds. The molecule has 0 aliphatic heterocycles. The third kappa shape index (κ3) is 3.08. The van der Waals surface area contributed by atoms with Gasteiger partial charge in [-0.05, 0) is 53.1 Å². The minimum atomic E-state index is -3.20. The minimum absolute atomic E-state index is 0.133. The van der Waals surface area contributed by atoms with Gasteiger partial charge in [0.2, 0.25) is 0 Å². The second-order valence-corrected chi connectivity index (χ2v) is 6.66. The van der Waals surface area contributed by atoms with Gasteiger partial charge in [-0.3, -0.25) is 0 Å². The van der Waals surface area contributed by atoms with Crippen LogP contribution >= 0.6 is 11.3 Å². The molecule has 0 fully saturated rings. The Balaban J connectivity index is 2.11. The molecule has 1 aromatic carbocycles. The summed E-state index contributed by atoms with van der Waals surface area (Å²) >= 11 is 1.58. The lowest BCUT2D eigenvalue weighted by atomic mass is 10.3. The second-order valence-electron chi connectivity index (χ2n) is 3.77. The van der Waals surface area contributed by atoms with Gasteiger partial charge in [-0.15, -0.1) is 0 Å². The van der Waals surface area contributed by atoms with E-state index in [4.69, 9.17) is 5.73 Å². The van der Waals surface area contributed by atoms with Crippen molar-refractivity contribution in [2.24, 2.45) is 0 Å². The molecule has 0 bridgehead atoms. The molecule has 5 heteroatoms. The van der Waals surface area contributed by atoms with E-state index in [0.29, 0.717) is 17.0 Å². The van der Waals surface area contributed by atoms with Crippen LogP contribution in [0.2, 0.25) is 0 Å². The van der Waals surface area contributed by atoms with Crippen molar-refractivity contribution in [3.05, 3.63) is 46.7 Å². The zero-order valence-electron chi connectivity index (χ0n) is 9.17. The van der Waals surface area contributed by atoms with Gasteiger partial charge < -0.3 is 5.73 Å². The van der Waals surface area contributed by atoms with Gasteiger partial charge in [-0.2, -0.15) is 11.3 Å². The molecule has 0 unspecified atom stereocenters. The molecule has 2 rings (SSSR count). The summed E-state index contributed by atoms with van der Waals surface area (Å²) in [7, 11) is -3.20. The number of benzene rings is 1. The van der Waals surface area contributed by atoms with E-state index in [9.17, 15) is 8.42 Å². The summed E-state index contributed by atoms with van der Waals surface area (Å²) in [4.78, 5) is 0.335. The SMILES string of the molecule is Nc1ccc(S(=O)(=O)CCc2ccsc2)cc1. The van der Waals surface area contributed by atoms with E-state index < -0.39 is 9.84 Å². The Labute approximate surface area is 105 Å². The zero-order valence-corrected chi connectivity index (χ0v) is 10.8. The van der Waals surface area contributed by atoms with E-state index >= 15 is 0 Å². The average Bonchev–Trinajstić information content (AvgIpc) is 2.80. The van der Waals surface area contributed by atoms with Crippen LogP contribution in [0.25, 0.3) is 0 Å². The molecular formula is C12H13NO2S2. The lowest BCUT2D eigenvalue weighted by Gasteiger charge is -2.04. The Morgan fingerprint density at radius 2 is 1.82 bits per heavy atom. The summed E-state index contributed by atoms with van der Waals surface area (Å²) in [5, 5.41) is 3.92. The first kappa shape index (κ1) is 12.1. The first-order valence-corrected chi connectivity index (χ1v) is 7.77. The van der Waals surface area contributed by atoms with E-state index in [1.54, 1.807) is 35.6 Å². The van der Waals surface area contributed by atoms with Gasteiger partial charge in [0.1, 0.15) is 0 Å². The summed E-state index contributed by atoms with van der Waals surface area (Å²) in [6.07, 6.45) is 0.552. The Kier molecular flexibility index (Phi) is 3.49. The van der Waals surface area contributed by atoms with Crippen LogP contribution in [0.3, 0.4) is 0 Å². The Bertz CT molecular complexity index is 571. The molecule has 0 spiro atoms. The number of anilines is 1. The van der Waals surface area contributed by atoms with Gasteiger partial charge in [-0.25, -0.2) is 8.42 Å². The topological polar surface area (TPSA) is 60.2 Å². The minimum Gasteiger partial charge on any atom is -0.399 e. The van der Waals surface area contributed by atoms with Crippen LogP contribution in [-0.4, -0.2) is 14.2 Å². The Hall–Kier alpha value is -1.33. The third-order valence-electron chi connectivity index (χ3n) is 2.48. The molecular weight excluding hydrogens is 254 g/mol. The standard InChI is InChI=1S/C12H13NO2S2/c13-11-1-3-12(4-2-11)17(14,15)8-6-10-5-7-16-9-10/h1-5,7,9H,6,8,13H2. The van der Waals surface area contributed by atoms with Crippen molar-refractivity contribution in [1.29, 1.82) is 0 Å². The molecule has 90 valence electrons. The highest BCUT2D eigenvalue weighted by Gasteiger charge is 2.14. The van der Waals surface area contributed by atoms with E-state index in [1.807, 2.05) is 16.8 Å². The van der Waals surface area contributed by atoms with Crippen molar-refractivity contribution in [2.75, 3.05) is 11.5 Å². The van der Waals surface area contributed by atoms with E-state index in [-0.39, 0.29) is 5.75 Å². The van der Waals surface area contributed by atoms with Gasteiger partial charge >= 0.3 is 0 Å². The fourth-order valence-electron chi connectivity index (χ4n) is 1.48. The highest BCUT2D eigenvalue weighted by molar-refractivity contribution is 7.91. The lowest BCUT2D eigenvalue weighted by Crippen LogP contribution is -2.08. The van der Waals surface area contributed by atoms with Crippen molar-refractivity contribution in [3.63, 3.8) is 0 Å². The molecule has 0 radical (unpaired) electrons. The lowest BCUT2D eigenvalue weighted by molar-refractivity contribution is 0.595. The summed E-state index contributed by atoms with van der Waals surface area (Å²) < 4.78 is 24.0. The maximum absolute atomic E-state index is 12.0. The number of aryl methyl sites for hydroxylation is 1. The Morgan fingerprint density at radius 1 is 1.12 bits per heavy atom. The van der Waals surface area contributed by atoms with Crippen LogP contribution in [0.1, 0.15) is 5.56 Å². The van der Waals surface area contributed by atoms with Crippen LogP contribution < -0.4 is 5.73 Å². The Morgan fingerprint density at radius 3 is 2.41 bits per heavy atom.